The molecule has 1 aromatic heterocycles. The van der Waals surface area contributed by atoms with Crippen molar-refractivity contribution >= 4 is 0 Å². The van der Waals surface area contributed by atoms with Crippen molar-refractivity contribution in [2.45, 2.75) is 12.3 Å². The van der Waals surface area contributed by atoms with Crippen LogP contribution >= 0.6 is 0 Å². The fourth-order valence-corrected chi connectivity index (χ4v) is 1.41. The van der Waals surface area contributed by atoms with Gasteiger partial charge in [0.1, 0.15) is 0 Å². The molecule has 1 fully saturated rings. The average Bonchev–Trinajstić information content (AvgIpc) is 2.68. The molecule has 0 saturated heterocycles. The second-order valence-electron chi connectivity index (χ2n) is 3.16. The Morgan fingerprint density at radius 1 is 1.82 bits per heavy atom. The molecule has 1 heterocycles. The van der Waals surface area contributed by atoms with Crippen molar-refractivity contribution in [3.05, 3.63) is 11.9 Å². The van der Waals surface area contributed by atoms with Crippen molar-refractivity contribution in [3.8, 4) is 0 Å². The molecular formula is C7H12N4. The highest BCUT2D eigenvalue weighted by atomic mass is 15.4. The second kappa shape index (κ2) is 2.30. The summed E-state index contributed by atoms with van der Waals surface area (Å²) in [5, 5.41) is 7.91. The van der Waals surface area contributed by atoms with Crippen LogP contribution in [0.25, 0.3) is 0 Å². The standard InChI is InChI=1S/C7H12N4/c1-11-4-7(9-10-11)6-2-5(6)3-8/h4-6H,2-3,8H2,1H3. The summed E-state index contributed by atoms with van der Waals surface area (Å²) in [7, 11) is 1.89. The van der Waals surface area contributed by atoms with Gasteiger partial charge in [-0.25, -0.2) is 0 Å². The molecule has 4 nitrogen and oxygen atoms in total. The number of hydrogen-bond acceptors (Lipinski definition) is 3. The van der Waals surface area contributed by atoms with Gasteiger partial charge in [-0.2, -0.15) is 0 Å². The average molecular weight is 152 g/mol. The molecule has 1 aliphatic carbocycles. The highest BCUT2D eigenvalue weighted by Crippen LogP contribution is 2.45. The molecule has 11 heavy (non-hydrogen) atoms. The lowest BCUT2D eigenvalue weighted by Crippen LogP contribution is -2.01. The van der Waals surface area contributed by atoms with Gasteiger partial charge in [0, 0.05) is 19.2 Å². The first kappa shape index (κ1) is 6.79. The molecule has 2 N–H and O–H groups in total. The van der Waals surface area contributed by atoms with Gasteiger partial charge in [-0.05, 0) is 18.9 Å². The minimum absolute atomic E-state index is 0.591. The molecular weight excluding hydrogens is 140 g/mol. The summed E-state index contributed by atoms with van der Waals surface area (Å²) in [5.74, 6) is 1.25. The molecule has 0 radical (unpaired) electrons. The largest absolute Gasteiger partial charge is 0.330 e. The Labute approximate surface area is 65.4 Å². The van der Waals surface area contributed by atoms with Crippen LogP contribution in [0.1, 0.15) is 18.0 Å². The predicted octanol–water partition coefficient (Wildman–Crippen LogP) is -0.123. The summed E-state index contributed by atoms with van der Waals surface area (Å²) in [4.78, 5) is 0. The van der Waals surface area contributed by atoms with Crippen molar-refractivity contribution in [2.75, 3.05) is 6.54 Å². The third-order valence-electron chi connectivity index (χ3n) is 2.23. The SMILES string of the molecule is Cn1cc(C2CC2CN)nn1. The lowest BCUT2D eigenvalue weighted by molar-refractivity contribution is 0.712. The number of rotatable bonds is 2. The van der Waals surface area contributed by atoms with Crippen LogP contribution in [0.5, 0.6) is 0 Å². The smallest absolute Gasteiger partial charge is 0.0861 e. The Morgan fingerprint density at radius 2 is 2.64 bits per heavy atom. The number of nitrogens with zero attached hydrogens (tertiary/aromatic N) is 3. The van der Waals surface area contributed by atoms with Crippen LogP contribution < -0.4 is 5.73 Å². The van der Waals surface area contributed by atoms with E-state index in [0.29, 0.717) is 11.8 Å². The molecule has 0 aliphatic heterocycles. The summed E-state index contributed by atoms with van der Waals surface area (Å²) in [6, 6.07) is 0. The Kier molecular flexibility index (Phi) is 1.42. The molecule has 0 spiro atoms. The number of aromatic nitrogens is 3. The maximum atomic E-state index is 5.51. The molecule has 0 amide bonds. The normalized spacial score (nSPS) is 28.9. The van der Waals surface area contributed by atoms with E-state index >= 15 is 0 Å². The van der Waals surface area contributed by atoms with Gasteiger partial charge in [-0.3, -0.25) is 4.68 Å². The minimum Gasteiger partial charge on any atom is -0.330 e. The van der Waals surface area contributed by atoms with Gasteiger partial charge >= 0.3 is 0 Å². The van der Waals surface area contributed by atoms with Crippen LogP contribution in [0.3, 0.4) is 0 Å². The topological polar surface area (TPSA) is 56.7 Å². The first-order valence-corrected chi connectivity index (χ1v) is 3.87. The van der Waals surface area contributed by atoms with Gasteiger partial charge in [0.15, 0.2) is 0 Å². The van der Waals surface area contributed by atoms with Gasteiger partial charge in [0.05, 0.1) is 5.69 Å². The fourth-order valence-electron chi connectivity index (χ4n) is 1.41. The molecule has 60 valence electrons. The first-order chi connectivity index (χ1) is 5.31. The van der Waals surface area contributed by atoms with Crippen molar-refractivity contribution < 1.29 is 0 Å². The van der Waals surface area contributed by atoms with Crippen molar-refractivity contribution in [3.63, 3.8) is 0 Å². The molecule has 2 atom stereocenters. The van der Waals surface area contributed by atoms with Crippen LogP contribution in [0.4, 0.5) is 0 Å². The van der Waals surface area contributed by atoms with E-state index in [1.807, 2.05) is 13.2 Å². The van der Waals surface area contributed by atoms with Crippen LogP contribution in [0.2, 0.25) is 0 Å². The van der Waals surface area contributed by atoms with Crippen LogP contribution in [0, 0.1) is 5.92 Å². The zero-order valence-electron chi connectivity index (χ0n) is 6.57. The summed E-state index contributed by atoms with van der Waals surface area (Å²) in [6.45, 7) is 0.779. The molecule has 0 aromatic carbocycles. The maximum Gasteiger partial charge on any atom is 0.0861 e. The molecule has 2 unspecified atom stereocenters. The van der Waals surface area contributed by atoms with E-state index in [1.165, 1.54) is 6.42 Å². The molecule has 1 aliphatic rings. The van der Waals surface area contributed by atoms with Gasteiger partial charge in [-0.1, -0.05) is 5.21 Å². The van der Waals surface area contributed by atoms with Gasteiger partial charge in [0.2, 0.25) is 0 Å². The summed E-state index contributed by atoms with van der Waals surface area (Å²) in [5.41, 5.74) is 6.61. The lowest BCUT2D eigenvalue weighted by atomic mass is 10.2. The van der Waals surface area contributed by atoms with Crippen LogP contribution in [-0.2, 0) is 7.05 Å². The highest BCUT2D eigenvalue weighted by Gasteiger charge is 2.38. The highest BCUT2D eigenvalue weighted by molar-refractivity contribution is 5.13. The van der Waals surface area contributed by atoms with E-state index in [2.05, 4.69) is 10.3 Å². The monoisotopic (exact) mass is 152 g/mol. The van der Waals surface area contributed by atoms with E-state index in [1.54, 1.807) is 4.68 Å². The predicted molar refractivity (Wildman–Crippen MR) is 40.9 cm³/mol. The Balaban J connectivity index is 2.08. The molecule has 2 rings (SSSR count). The number of nitrogens with two attached hydrogens (primary N) is 1. The summed E-state index contributed by atoms with van der Waals surface area (Å²) >= 11 is 0. The van der Waals surface area contributed by atoms with Gasteiger partial charge < -0.3 is 5.73 Å². The van der Waals surface area contributed by atoms with Crippen molar-refractivity contribution in [1.29, 1.82) is 0 Å². The molecule has 4 heteroatoms. The van der Waals surface area contributed by atoms with Crippen LogP contribution in [0.15, 0.2) is 6.20 Å². The molecule has 1 aromatic rings. The number of aryl methyl sites for hydroxylation is 1. The first-order valence-electron chi connectivity index (χ1n) is 3.87. The number of hydrogen-bond donors (Lipinski definition) is 1. The molecule has 1 saturated carbocycles. The Morgan fingerprint density at radius 3 is 3.09 bits per heavy atom. The third kappa shape index (κ3) is 1.14. The van der Waals surface area contributed by atoms with E-state index in [9.17, 15) is 0 Å². The Bertz CT molecular complexity index is 255. The van der Waals surface area contributed by atoms with E-state index in [0.717, 1.165) is 12.2 Å². The summed E-state index contributed by atoms with van der Waals surface area (Å²) < 4.78 is 1.74. The van der Waals surface area contributed by atoms with E-state index < -0.39 is 0 Å². The van der Waals surface area contributed by atoms with Crippen LogP contribution in [-0.4, -0.2) is 21.5 Å². The Hall–Kier alpha value is -0.900. The summed E-state index contributed by atoms with van der Waals surface area (Å²) in [6.07, 6.45) is 3.16. The lowest BCUT2D eigenvalue weighted by Gasteiger charge is -1.88. The zero-order chi connectivity index (χ0) is 7.84. The van der Waals surface area contributed by atoms with E-state index in [4.69, 9.17) is 5.73 Å². The fraction of sp³-hybridized carbons (Fsp3) is 0.714. The van der Waals surface area contributed by atoms with Gasteiger partial charge in [-0.15, -0.1) is 5.10 Å². The van der Waals surface area contributed by atoms with Gasteiger partial charge in [0.25, 0.3) is 0 Å². The maximum absolute atomic E-state index is 5.51. The zero-order valence-corrected chi connectivity index (χ0v) is 6.57. The quantitative estimate of drug-likeness (QED) is 0.642. The molecule has 0 bridgehead atoms. The minimum atomic E-state index is 0.591. The van der Waals surface area contributed by atoms with Crippen molar-refractivity contribution in [1.82, 2.24) is 15.0 Å². The van der Waals surface area contributed by atoms with Crippen molar-refractivity contribution in [2.24, 2.45) is 18.7 Å². The second-order valence-corrected chi connectivity index (χ2v) is 3.16. The third-order valence-corrected chi connectivity index (χ3v) is 2.23. The van der Waals surface area contributed by atoms with E-state index in [-0.39, 0.29) is 0 Å².